The molecule has 0 aliphatic carbocycles. The number of anilines is 1. The molecular formula is C25H29FN4O3S. The number of nitrogens with zero attached hydrogens (tertiary/aromatic N) is 4. The first-order valence-electron chi connectivity index (χ1n) is 11.5. The standard InChI is InChI=1S/C25H29FN4O3S/c1-18-6-9-25(21-5-3-4-20(14-21)16-27)34(32,33)30(18)17-22-7-8-23(15-24(22)26)29-12-10-28(11-13-29)19(2)31/h3-5,7-8,14-15,18,25H,6,9-13,17H2,1-2H3/t18-,25+/m0/s1. The zero-order valence-corrected chi connectivity index (χ0v) is 20.3. The van der Waals surface area contributed by atoms with Crippen LogP contribution >= 0.6 is 0 Å². The van der Waals surface area contributed by atoms with E-state index in [4.69, 9.17) is 0 Å². The van der Waals surface area contributed by atoms with Crippen LogP contribution < -0.4 is 4.90 Å². The molecule has 9 heteroatoms. The number of halogens is 1. The van der Waals surface area contributed by atoms with Crippen molar-refractivity contribution in [1.82, 2.24) is 9.21 Å². The van der Waals surface area contributed by atoms with Gasteiger partial charge >= 0.3 is 0 Å². The lowest BCUT2D eigenvalue weighted by molar-refractivity contribution is -0.129. The largest absolute Gasteiger partial charge is 0.368 e. The minimum Gasteiger partial charge on any atom is -0.368 e. The molecular weight excluding hydrogens is 455 g/mol. The number of rotatable bonds is 4. The molecule has 0 unspecified atom stereocenters. The Morgan fingerprint density at radius 3 is 2.50 bits per heavy atom. The molecule has 7 nitrogen and oxygen atoms in total. The highest BCUT2D eigenvalue weighted by molar-refractivity contribution is 7.89. The maximum absolute atomic E-state index is 15.1. The van der Waals surface area contributed by atoms with Gasteiger partial charge in [0.2, 0.25) is 15.9 Å². The van der Waals surface area contributed by atoms with Crippen LogP contribution in [0.1, 0.15) is 48.6 Å². The van der Waals surface area contributed by atoms with Crippen molar-refractivity contribution in [1.29, 1.82) is 5.26 Å². The Morgan fingerprint density at radius 1 is 1.12 bits per heavy atom. The second-order valence-electron chi connectivity index (χ2n) is 9.01. The number of amides is 1. The lowest BCUT2D eigenvalue weighted by atomic mass is 10.0. The quantitative estimate of drug-likeness (QED) is 0.664. The van der Waals surface area contributed by atoms with Crippen LogP contribution in [0.4, 0.5) is 10.1 Å². The van der Waals surface area contributed by atoms with E-state index < -0.39 is 21.1 Å². The van der Waals surface area contributed by atoms with Gasteiger partial charge in [0, 0.05) is 56.9 Å². The number of nitriles is 1. The number of sulfonamides is 1. The Morgan fingerprint density at radius 2 is 1.85 bits per heavy atom. The van der Waals surface area contributed by atoms with Crippen LogP contribution in [-0.4, -0.2) is 55.8 Å². The summed E-state index contributed by atoms with van der Waals surface area (Å²) >= 11 is 0. The first-order valence-corrected chi connectivity index (χ1v) is 13.0. The lowest BCUT2D eigenvalue weighted by Crippen LogP contribution is -2.48. The van der Waals surface area contributed by atoms with Crippen molar-refractivity contribution in [2.75, 3.05) is 31.1 Å². The van der Waals surface area contributed by atoms with Gasteiger partial charge in [-0.25, -0.2) is 12.8 Å². The van der Waals surface area contributed by atoms with Gasteiger partial charge in [-0.3, -0.25) is 4.79 Å². The molecule has 0 radical (unpaired) electrons. The van der Waals surface area contributed by atoms with E-state index in [1.807, 2.05) is 17.9 Å². The van der Waals surface area contributed by atoms with Gasteiger partial charge in [-0.05, 0) is 49.6 Å². The molecule has 180 valence electrons. The molecule has 2 aromatic rings. The van der Waals surface area contributed by atoms with E-state index in [2.05, 4.69) is 6.07 Å². The van der Waals surface area contributed by atoms with E-state index in [1.54, 1.807) is 42.2 Å². The number of hydrogen-bond acceptors (Lipinski definition) is 5. The van der Waals surface area contributed by atoms with E-state index in [9.17, 15) is 18.5 Å². The summed E-state index contributed by atoms with van der Waals surface area (Å²) < 4.78 is 43.5. The summed E-state index contributed by atoms with van der Waals surface area (Å²) in [5, 5.41) is 8.44. The second-order valence-corrected chi connectivity index (χ2v) is 11.1. The molecule has 2 atom stereocenters. The summed E-state index contributed by atoms with van der Waals surface area (Å²) in [7, 11) is -3.74. The Balaban J connectivity index is 1.53. The molecule has 2 fully saturated rings. The van der Waals surface area contributed by atoms with Crippen LogP contribution in [0.15, 0.2) is 42.5 Å². The summed E-state index contributed by atoms with van der Waals surface area (Å²) in [5.74, 6) is -0.404. The van der Waals surface area contributed by atoms with Gasteiger partial charge in [0.1, 0.15) is 11.1 Å². The van der Waals surface area contributed by atoms with Crippen LogP contribution in [0.5, 0.6) is 0 Å². The minimum absolute atomic E-state index is 0.0377. The Bertz CT molecular complexity index is 1220. The van der Waals surface area contributed by atoms with E-state index in [0.717, 1.165) is 5.69 Å². The molecule has 34 heavy (non-hydrogen) atoms. The first-order chi connectivity index (χ1) is 16.2. The zero-order chi connectivity index (χ0) is 24.5. The molecule has 1 amide bonds. The molecule has 0 spiro atoms. The van der Waals surface area contributed by atoms with Crippen molar-refractivity contribution >= 4 is 21.6 Å². The molecule has 2 heterocycles. The molecule has 2 aliphatic heterocycles. The summed E-state index contributed by atoms with van der Waals surface area (Å²) in [6.07, 6.45) is 1.11. The van der Waals surface area contributed by atoms with Crippen molar-refractivity contribution in [3.05, 3.63) is 65.0 Å². The van der Waals surface area contributed by atoms with Gasteiger partial charge < -0.3 is 9.80 Å². The van der Waals surface area contributed by atoms with Crippen molar-refractivity contribution < 1.29 is 17.6 Å². The van der Waals surface area contributed by atoms with Gasteiger partial charge in [0.15, 0.2) is 0 Å². The highest BCUT2D eigenvalue weighted by Gasteiger charge is 2.40. The van der Waals surface area contributed by atoms with Crippen molar-refractivity contribution in [2.45, 2.75) is 44.5 Å². The fourth-order valence-corrected chi connectivity index (χ4v) is 6.98. The van der Waals surface area contributed by atoms with Gasteiger partial charge in [-0.2, -0.15) is 9.57 Å². The molecule has 0 bridgehead atoms. The number of carbonyl (C=O) groups excluding carboxylic acids is 1. The Labute approximate surface area is 200 Å². The van der Waals surface area contributed by atoms with E-state index in [1.165, 1.54) is 10.4 Å². The molecule has 2 aromatic carbocycles. The summed E-state index contributed by atoms with van der Waals surface area (Å²) in [4.78, 5) is 15.3. The van der Waals surface area contributed by atoms with E-state index >= 15 is 4.39 Å². The topological polar surface area (TPSA) is 84.7 Å². The zero-order valence-electron chi connectivity index (χ0n) is 19.4. The molecule has 2 saturated heterocycles. The Kier molecular flexibility index (Phi) is 6.91. The van der Waals surface area contributed by atoms with Crippen LogP contribution in [0, 0.1) is 17.1 Å². The van der Waals surface area contributed by atoms with E-state index in [0.29, 0.717) is 55.7 Å². The second kappa shape index (κ2) is 9.72. The third-order valence-corrected chi connectivity index (χ3v) is 9.23. The fourth-order valence-electron chi connectivity index (χ4n) is 4.80. The number of hydrogen-bond donors (Lipinski definition) is 0. The maximum atomic E-state index is 15.1. The highest BCUT2D eigenvalue weighted by Crippen LogP contribution is 2.38. The number of piperazine rings is 1. The van der Waals surface area contributed by atoms with Crippen molar-refractivity contribution in [2.24, 2.45) is 0 Å². The Hall–Kier alpha value is -2.96. The lowest BCUT2D eigenvalue weighted by Gasteiger charge is -2.38. The van der Waals surface area contributed by atoms with Crippen LogP contribution in [-0.2, 0) is 21.4 Å². The molecule has 2 aliphatic rings. The van der Waals surface area contributed by atoms with Crippen LogP contribution in [0.3, 0.4) is 0 Å². The van der Waals surface area contributed by atoms with Gasteiger partial charge in [-0.1, -0.05) is 18.2 Å². The van der Waals surface area contributed by atoms with Gasteiger partial charge in [0.05, 0.1) is 11.6 Å². The normalized spacial score (nSPS) is 22.9. The third-order valence-electron chi connectivity index (χ3n) is 6.87. The van der Waals surface area contributed by atoms with Crippen molar-refractivity contribution in [3.8, 4) is 6.07 Å². The molecule has 4 rings (SSSR count). The predicted octanol–water partition coefficient (Wildman–Crippen LogP) is 3.42. The van der Waals surface area contributed by atoms with Gasteiger partial charge in [-0.15, -0.1) is 0 Å². The van der Waals surface area contributed by atoms with Crippen molar-refractivity contribution in [3.63, 3.8) is 0 Å². The monoisotopic (exact) mass is 484 g/mol. The van der Waals surface area contributed by atoms with Gasteiger partial charge in [0.25, 0.3) is 0 Å². The fraction of sp³-hybridized carbons (Fsp3) is 0.440. The average molecular weight is 485 g/mol. The minimum atomic E-state index is -3.74. The van der Waals surface area contributed by atoms with Crippen LogP contribution in [0.25, 0.3) is 0 Å². The number of benzene rings is 2. The molecule has 0 aromatic heterocycles. The molecule has 0 N–H and O–H groups in total. The first kappa shape index (κ1) is 24.2. The predicted molar refractivity (Wildman–Crippen MR) is 128 cm³/mol. The summed E-state index contributed by atoms with van der Waals surface area (Å²) in [6, 6.07) is 13.4. The molecule has 0 saturated carbocycles. The maximum Gasteiger partial charge on any atom is 0.221 e. The SMILES string of the molecule is CC(=O)N1CCN(c2ccc(CN3[C@@H](C)CC[C@H](c4cccc(C#N)c4)S3(=O)=O)c(F)c2)CC1. The number of carbonyl (C=O) groups is 1. The van der Waals surface area contributed by atoms with E-state index in [-0.39, 0.29) is 18.5 Å². The summed E-state index contributed by atoms with van der Waals surface area (Å²) in [6.45, 7) is 5.79. The highest BCUT2D eigenvalue weighted by atomic mass is 32.2. The third kappa shape index (κ3) is 4.79. The smallest absolute Gasteiger partial charge is 0.221 e. The summed E-state index contributed by atoms with van der Waals surface area (Å²) in [5.41, 5.74) is 2.07. The average Bonchev–Trinajstić information content (AvgIpc) is 2.82. The van der Waals surface area contributed by atoms with Crippen LogP contribution in [0.2, 0.25) is 0 Å².